The van der Waals surface area contributed by atoms with Crippen LogP contribution in [0.4, 0.5) is 5.69 Å². The summed E-state index contributed by atoms with van der Waals surface area (Å²) in [5, 5.41) is 2.15. The maximum atomic E-state index is 6.59. The molecule has 2 unspecified atom stereocenters. The fourth-order valence-electron chi connectivity index (χ4n) is 4.82. The van der Waals surface area contributed by atoms with Crippen LogP contribution in [0.1, 0.15) is 43.2 Å². The summed E-state index contributed by atoms with van der Waals surface area (Å²) in [7, 11) is 2.08. The van der Waals surface area contributed by atoms with E-state index in [1.807, 2.05) is 18.5 Å². The molecule has 29 heavy (non-hydrogen) atoms. The molecule has 1 aromatic carbocycles. The van der Waals surface area contributed by atoms with Crippen molar-refractivity contribution in [1.82, 2.24) is 14.6 Å². The van der Waals surface area contributed by atoms with Crippen molar-refractivity contribution in [2.45, 2.75) is 31.9 Å². The lowest BCUT2D eigenvalue weighted by Crippen LogP contribution is -2.38. The van der Waals surface area contributed by atoms with E-state index in [4.69, 9.17) is 4.74 Å². The first-order chi connectivity index (χ1) is 14.2. The summed E-state index contributed by atoms with van der Waals surface area (Å²) >= 11 is 0. The Morgan fingerprint density at radius 3 is 2.62 bits per heavy atom. The molecule has 3 aromatic rings. The molecular weight excluding hydrogens is 360 g/mol. The van der Waals surface area contributed by atoms with Crippen molar-refractivity contribution in [2.24, 2.45) is 5.92 Å². The predicted molar refractivity (Wildman–Crippen MR) is 115 cm³/mol. The van der Waals surface area contributed by atoms with Crippen LogP contribution >= 0.6 is 0 Å². The molecule has 2 aromatic heterocycles. The van der Waals surface area contributed by atoms with E-state index in [1.54, 1.807) is 0 Å². The van der Waals surface area contributed by atoms with E-state index in [0.717, 1.165) is 37.4 Å². The van der Waals surface area contributed by atoms with Gasteiger partial charge in [-0.25, -0.2) is 0 Å². The number of likely N-dealkylation sites (tertiary alicyclic amines) is 1. The van der Waals surface area contributed by atoms with Crippen LogP contribution in [0.25, 0.3) is 0 Å². The zero-order valence-corrected chi connectivity index (χ0v) is 17.1. The molecule has 0 N–H and O–H groups in total. The quantitative estimate of drug-likeness (QED) is 0.652. The highest BCUT2D eigenvalue weighted by molar-refractivity contribution is 5.57. The second-order valence-electron chi connectivity index (χ2n) is 8.14. The highest BCUT2D eigenvalue weighted by Crippen LogP contribution is 2.42. The number of fused-ring (bicyclic) bond motifs is 2. The van der Waals surface area contributed by atoms with Crippen LogP contribution in [0.15, 0.2) is 67.1 Å². The van der Waals surface area contributed by atoms with Crippen molar-refractivity contribution < 1.29 is 4.74 Å². The number of piperidine rings is 1. The minimum atomic E-state index is 0.0482. The van der Waals surface area contributed by atoms with Gasteiger partial charge in [0.2, 0.25) is 0 Å². The van der Waals surface area contributed by atoms with Crippen LogP contribution in [0.3, 0.4) is 0 Å². The SMILES string of the molecule is CC(c1ccccc1)N1CCC(C2Oc3cnccc3N(C)n3cccc32)CC1. The minimum absolute atomic E-state index is 0.0482. The monoisotopic (exact) mass is 388 g/mol. The van der Waals surface area contributed by atoms with Gasteiger partial charge in [-0.05, 0) is 56.6 Å². The van der Waals surface area contributed by atoms with E-state index in [1.165, 1.54) is 11.3 Å². The molecule has 0 amide bonds. The van der Waals surface area contributed by atoms with Gasteiger partial charge in [-0.3, -0.25) is 19.6 Å². The summed E-state index contributed by atoms with van der Waals surface area (Å²) in [6.45, 7) is 4.51. The third-order valence-corrected chi connectivity index (χ3v) is 6.57. The average molecular weight is 389 g/mol. The number of aromatic nitrogens is 2. The Labute approximate surface area is 172 Å². The molecule has 150 valence electrons. The highest BCUT2D eigenvalue weighted by atomic mass is 16.5. The van der Waals surface area contributed by atoms with Gasteiger partial charge in [0.25, 0.3) is 0 Å². The third-order valence-electron chi connectivity index (χ3n) is 6.57. The van der Waals surface area contributed by atoms with Gasteiger partial charge in [0, 0.05) is 31.4 Å². The van der Waals surface area contributed by atoms with Crippen LogP contribution in [0.5, 0.6) is 5.75 Å². The summed E-state index contributed by atoms with van der Waals surface area (Å²) in [6, 6.07) is 17.6. The number of ether oxygens (including phenoxy) is 1. The Morgan fingerprint density at radius 2 is 1.83 bits per heavy atom. The number of hydrogen-bond donors (Lipinski definition) is 0. The molecule has 4 heterocycles. The molecular formula is C24H28N4O. The van der Waals surface area contributed by atoms with Gasteiger partial charge in [-0.2, -0.15) is 0 Å². The maximum absolute atomic E-state index is 6.59. The number of anilines is 1. The molecule has 5 heteroatoms. The first-order valence-electron chi connectivity index (χ1n) is 10.5. The molecule has 5 nitrogen and oxygen atoms in total. The zero-order valence-electron chi connectivity index (χ0n) is 17.1. The van der Waals surface area contributed by atoms with Crippen LogP contribution in [-0.2, 0) is 0 Å². The molecule has 0 spiro atoms. The van der Waals surface area contributed by atoms with Gasteiger partial charge in [-0.1, -0.05) is 30.3 Å². The Balaban J connectivity index is 1.36. The molecule has 2 aliphatic rings. The lowest BCUT2D eigenvalue weighted by Gasteiger charge is -2.38. The Morgan fingerprint density at radius 1 is 1.03 bits per heavy atom. The van der Waals surface area contributed by atoms with Crippen LogP contribution < -0.4 is 9.75 Å². The average Bonchev–Trinajstić information content (AvgIpc) is 3.23. The van der Waals surface area contributed by atoms with Gasteiger partial charge in [0.05, 0.1) is 11.9 Å². The summed E-state index contributed by atoms with van der Waals surface area (Å²) in [5.74, 6) is 1.35. The number of benzene rings is 1. The van der Waals surface area contributed by atoms with E-state index in [9.17, 15) is 0 Å². The van der Waals surface area contributed by atoms with E-state index >= 15 is 0 Å². The number of rotatable bonds is 3. The normalized spacial score (nSPS) is 21.0. The molecule has 0 bridgehead atoms. The Kier molecular flexibility index (Phi) is 4.76. The van der Waals surface area contributed by atoms with E-state index in [0.29, 0.717) is 12.0 Å². The fraction of sp³-hybridized carbons (Fsp3) is 0.375. The van der Waals surface area contributed by atoms with Gasteiger partial charge < -0.3 is 4.74 Å². The van der Waals surface area contributed by atoms with Gasteiger partial charge in [0.1, 0.15) is 11.8 Å². The molecule has 5 rings (SSSR count). The second-order valence-corrected chi connectivity index (χ2v) is 8.14. The summed E-state index contributed by atoms with van der Waals surface area (Å²) < 4.78 is 8.81. The summed E-state index contributed by atoms with van der Waals surface area (Å²) in [6.07, 6.45) is 8.10. The largest absolute Gasteiger partial charge is 0.480 e. The molecule has 0 radical (unpaired) electrons. The summed E-state index contributed by atoms with van der Waals surface area (Å²) in [5.41, 5.74) is 3.67. The molecule has 0 aliphatic carbocycles. The molecule has 2 aliphatic heterocycles. The summed E-state index contributed by atoms with van der Waals surface area (Å²) in [4.78, 5) is 6.90. The Hall–Kier alpha value is -2.79. The molecule has 1 saturated heterocycles. The predicted octanol–water partition coefficient (Wildman–Crippen LogP) is 4.69. The lowest BCUT2D eigenvalue weighted by atomic mass is 9.88. The molecule has 0 saturated carbocycles. The van der Waals surface area contributed by atoms with Crippen LogP contribution in [0, 0.1) is 5.92 Å². The van der Waals surface area contributed by atoms with Crippen LogP contribution in [-0.4, -0.2) is 34.7 Å². The number of hydrogen-bond acceptors (Lipinski definition) is 4. The topological polar surface area (TPSA) is 33.5 Å². The first kappa shape index (κ1) is 18.3. The van der Waals surface area contributed by atoms with Gasteiger partial charge >= 0.3 is 0 Å². The standard InChI is InChI=1S/C24H28N4O/c1-18(19-7-4-3-5-8-19)27-15-11-20(12-16-27)24-22-9-6-14-28(22)26(2)21-10-13-25-17-23(21)29-24/h3-10,13-14,17-18,20,24H,11-12,15-16H2,1-2H3. The smallest absolute Gasteiger partial charge is 0.163 e. The van der Waals surface area contributed by atoms with E-state index in [-0.39, 0.29) is 6.10 Å². The highest BCUT2D eigenvalue weighted by Gasteiger charge is 2.35. The lowest BCUT2D eigenvalue weighted by molar-refractivity contribution is 0.0604. The van der Waals surface area contributed by atoms with E-state index < -0.39 is 0 Å². The van der Waals surface area contributed by atoms with Crippen molar-refractivity contribution in [3.8, 4) is 5.75 Å². The maximum Gasteiger partial charge on any atom is 0.163 e. The van der Waals surface area contributed by atoms with Gasteiger partial charge in [-0.15, -0.1) is 0 Å². The van der Waals surface area contributed by atoms with Crippen molar-refractivity contribution in [1.29, 1.82) is 0 Å². The van der Waals surface area contributed by atoms with Crippen molar-refractivity contribution in [3.05, 3.63) is 78.4 Å². The van der Waals surface area contributed by atoms with Gasteiger partial charge in [0.15, 0.2) is 5.75 Å². The third kappa shape index (κ3) is 3.29. The van der Waals surface area contributed by atoms with Crippen LogP contribution in [0.2, 0.25) is 0 Å². The second kappa shape index (κ2) is 7.56. The van der Waals surface area contributed by atoms with Crippen molar-refractivity contribution in [2.75, 3.05) is 25.1 Å². The van der Waals surface area contributed by atoms with Crippen molar-refractivity contribution >= 4 is 5.69 Å². The fourth-order valence-corrected chi connectivity index (χ4v) is 4.82. The minimum Gasteiger partial charge on any atom is -0.480 e. The van der Waals surface area contributed by atoms with E-state index in [2.05, 4.69) is 82.2 Å². The Bertz CT molecular complexity index is 962. The molecule has 2 atom stereocenters. The molecule has 1 fully saturated rings. The number of pyridine rings is 1. The van der Waals surface area contributed by atoms with Crippen molar-refractivity contribution in [3.63, 3.8) is 0 Å². The zero-order chi connectivity index (χ0) is 19.8. The number of nitrogens with zero attached hydrogens (tertiary/aromatic N) is 4. The first-order valence-corrected chi connectivity index (χ1v) is 10.5.